The maximum atomic E-state index is 9.87. The number of nitriles is 2. The van der Waals surface area contributed by atoms with E-state index in [9.17, 15) is 25.2 Å². The SMILES string of the molecule is CC#N.CC#N.CC(C)(C)c1ccc2oc(-c3[c-]cccc3)nc2c1.CC(C)(C)c1ccc2oc(-c3[c-]cccc3)nc2c1.F[P-](F)(F)(F)(F)F.[Rh+3]. The zero-order valence-corrected chi connectivity index (χ0v) is 32.3. The van der Waals surface area contributed by atoms with Crippen LogP contribution < -0.4 is 0 Å². The first kappa shape index (κ1) is 45.5. The molecular weight excluding hydrogens is 792 g/mol. The molecule has 0 radical (unpaired) electrons. The summed E-state index contributed by atoms with van der Waals surface area (Å²) in [7, 11) is -10.7. The fourth-order valence-electron chi connectivity index (χ4n) is 4.07. The van der Waals surface area contributed by atoms with Gasteiger partial charge in [-0.15, -0.1) is 60.7 Å². The molecule has 52 heavy (non-hydrogen) atoms. The number of hydrogen-bond acceptors (Lipinski definition) is 6. The van der Waals surface area contributed by atoms with Gasteiger partial charge >= 0.3 is 52.5 Å². The van der Waals surface area contributed by atoms with Gasteiger partial charge in [0.15, 0.2) is 0 Å². The quantitative estimate of drug-likeness (QED) is 0.0746. The molecule has 0 saturated carbocycles. The van der Waals surface area contributed by atoms with Crippen molar-refractivity contribution in [1.29, 1.82) is 10.5 Å². The van der Waals surface area contributed by atoms with Crippen LogP contribution in [0, 0.1) is 34.8 Å². The van der Waals surface area contributed by atoms with Crippen LogP contribution in [0.5, 0.6) is 0 Å². The summed E-state index contributed by atoms with van der Waals surface area (Å²) >= 11 is 0. The van der Waals surface area contributed by atoms with Gasteiger partial charge in [0.1, 0.15) is 22.9 Å². The number of aromatic nitrogens is 2. The molecule has 14 heteroatoms. The third kappa shape index (κ3) is 16.6. The normalized spacial score (nSPS) is 12.2. The van der Waals surface area contributed by atoms with Crippen LogP contribution in [0.2, 0.25) is 0 Å². The van der Waals surface area contributed by atoms with Crippen molar-refractivity contribution >= 4 is 30.0 Å². The summed E-state index contributed by atoms with van der Waals surface area (Å²) in [6, 6.07) is 37.6. The molecule has 0 amide bonds. The minimum Gasteiger partial charge on any atom is 3.00 e. The first-order valence-corrected chi connectivity index (χ1v) is 17.3. The Kier molecular flexibility index (Phi) is 15.1. The molecule has 0 aliphatic rings. The van der Waals surface area contributed by atoms with E-state index in [1.807, 2.05) is 60.7 Å². The number of halogens is 6. The van der Waals surface area contributed by atoms with E-state index in [-0.39, 0.29) is 30.3 Å². The summed E-state index contributed by atoms with van der Waals surface area (Å²) < 4.78 is 70.8. The van der Waals surface area contributed by atoms with Crippen molar-refractivity contribution in [2.24, 2.45) is 0 Å². The van der Waals surface area contributed by atoms with Gasteiger partial charge in [-0.05, 0) is 46.2 Å². The van der Waals surface area contributed by atoms with Crippen LogP contribution in [0.15, 0.2) is 93.8 Å². The van der Waals surface area contributed by atoms with Crippen molar-refractivity contribution < 1.29 is 53.5 Å². The van der Waals surface area contributed by atoms with Gasteiger partial charge < -0.3 is 8.83 Å². The standard InChI is InChI=1S/2C17H16NO.2C2H3N.F6P.Rh/c2*1-17(2,3)13-9-10-15-14(11-13)18-16(19-15)12-7-5-4-6-8-12;2*1-2-3;1-7(2,3,4,5)6;/h2*4-7,9-11H,1-3H3;2*1H3;;/q2*-1;;;-1;+3. The predicted octanol–water partition coefficient (Wildman–Crippen LogP) is 13.6. The fourth-order valence-corrected chi connectivity index (χ4v) is 4.07. The Bertz CT molecular complexity index is 1960. The zero-order valence-electron chi connectivity index (χ0n) is 29.7. The Morgan fingerprint density at radius 3 is 1.15 bits per heavy atom. The molecule has 6 nitrogen and oxygen atoms in total. The molecule has 0 saturated heterocycles. The molecule has 2 heterocycles. The topological polar surface area (TPSA) is 99.6 Å². The smallest absolute Gasteiger partial charge is 3.00 e. The Morgan fingerprint density at radius 1 is 0.596 bits per heavy atom. The maximum Gasteiger partial charge on any atom is 3.00 e. The Labute approximate surface area is 312 Å². The fraction of sp³-hybridized carbons (Fsp3) is 0.263. The van der Waals surface area contributed by atoms with E-state index in [0.29, 0.717) is 11.8 Å². The van der Waals surface area contributed by atoms with Crippen molar-refractivity contribution in [2.45, 2.75) is 66.2 Å². The molecule has 0 fully saturated rings. The van der Waals surface area contributed by atoms with Crippen LogP contribution in [0.3, 0.4) is 0 Å². The first-order chi connectivity index (χ1) is 23.4. The van der Waals surface area contributed by atoms with E-state index in [0.717, 1.165) is 33.3 Å². The van der Waals surface area contributed by atoms with Crippen LogP contribution in [-0.4, -0.2) is 9.97 Å². The van der Waals surface area contributed by atoms with Gasteiger partial charge in [-0.2, -0.15) is 10.5 Å². The minimum atomic E-state index is -10.7. The van der Waals surface area contributed by atoms with Crippen molar-refractivity contribution in [3.05, 3.63) is 108 Å². The van der Waals surface area contributed by atoms with E-state index in [4.69, 9.17) is 19.4 Å². The van der Waals surface area contributed by atoms with Crippen LogP contribution >= 0.6 is 7.81 Å². The summed E-state index contributed by atoms with van der Waals surface area (Å²) in [4.78, 5) is 9.12. The second kappa shape index (κ2) is 17.3. The van der Waals surface area contributed by atoms with Gasteiger partial charge in [-0.3, -0.25) is 9.97 Å². The molecule has 4 aromatic carbocycles. The summed E-state index contributed by atoms with van der Waals surface area (Å²) in [6.45, 7) is 16.0. The number of rotatable bonds is 2. The molecule has 0 aliphatic carbocycles. The zero-order chi connectivity index (χ0) is 38.7. The van der Waals surface area contributed by atoms with E-state index < -0.39 is 7.81 Å². The number of oxazole rings is 2. The van der Waals surface area contributed by atoms with Gasteiger partial charge in [-0.1, -0.05) is 64.8 Å². The van der Waals surface area contributed by atoms with Crippen LogP contribution in [0.4, 0.5) is 25.2 Å². The van der Waals surface area contributed by atoms with Crippen molar-refractivity contribution in [2.75, 3.05) is 0 Å². The van der Waals surface area contributed by atoms with Crippen LogP contribution in [0.1, 0.15) is 66.5 Å². The molecular formula is C38H38F6N4O2PRh. The molecule has 6 aromatic rings. The molecule has 0 unspecified atom stereocenters. The predicted molar refractivity (Wildman–Crippen MR) is 190 cm³/mol. The number of fused-ring (bicyclic) bond motifs is 2. The second-order valence-corrected chi connectivity index (χ2v) is 14.8. The van der Waals surface area contributed by atoms with Gasteiger partial charge in [-0.25, -0.2) is 0 Å². The average molecular weight is 831 g/mol. The maximum absolute atomic E-state index is 10.7. The van der Waals surface area contributed by atoms with Gasteiger partial charge in [0.25, 0.3) is 0 Å². The average Bonchev–Trinajstić information content (AvgIpc) is 3.65. The summed E-state index contributed by atoms with van der Waals surface area (Å²) in [5.41, 5.74) is 7.97. The molecule has 0 bridgehead atoms. The first-order valence-electron chi connectivity index (χ1n) is 15.3. The molecule has 278 valence electrons. The Hall–Kier alpha value is -4.57. The van der Waals surface area contributed by atoms with E-state index in [2.05, 4.69) is 87.9 Å². The van der Waals surface area contributed by atoms with Gasteiger partial charge in [0.05, 0.1) is 23.2 Å². The number of nitrogens with zero attached hydrogens (tertiary/aromatic N) is 4. The molecule has 0 aliphatic heterocycles. The van der Waals surface area contributed by atoms with Gasteiger partial charge in [0, 0.05) is 13.8 Å². The summed E-state index contributed by atoms with van der Waals surface area (Å²) in [5.74, 6) is 1.25. The number of hydrogen-bond donors (Lipinski definition) is 0. The molecule has 0 spiro atoms. The van der Waals surface area contributed by atoms with Crippen LogP contribution in [0.25, 0.3) is 45.1 Å². The van der Waals surface area contributed by atoms with E-state index >= 15 is 0 Å². The monoisotopic (exact) mass is 830 g/mol. The molecule has 0 atom stereocenters. The van der Waals surface area contributed by atoms with Crippen LogP contribution in [-0.2, 0) is 30.3 Å². The third-order valence-electron chi connectivity index (χ3n) is 6.39. The molecule has 0 N–H and O–H groups in total. The van der Waals surface area contributed by atoms with E-state index in [1.165, 1.54) is 25.0 Å². The number of benzene rings is 4. The van der Waals surface area contributed by atoms with Crippen molar-refractivity contribution in [1.82, 2.24) is 9.97 Å². The minimum absolute atomic E-state index is 0. The van der Waals surface area contributed by atoms with E-state index in [1.54, 1.807) is 12.1 Å². The summed E-state index contributed by atoms with van der Waals surface area (Å²) in [6.07, 6.45) is 0. The molecule has 6 rings (SSSR count). The van der Waals surface area contributed by atoms with Gasteiger partial charge in [0.2, 0.25) is 0 Å². The van der Waals surface area contributed by atoms with Crippen molar-refractivity contribution in [3.8, 4) is 35.0 Å². The third-order valence-corrected chi connectivity index (χ3v) is 6.39. The van der Waals surface area contributed by atoms with Crippen molar-refractivity contribution in [3.63, 3.8) is 0 Å². The summed E-state index contributed by atoms with van der Waals surface area (Å²) in [5, 5.41) is 14.6. The molecule has 2 aromatic heterocycles. The second-order valence-electron chi connectivity index (χ2n) is 12.9. The Morgan fingerprint density at radius 2 is 0.904 bits per heavy atom. The Balaban J connectivity index is 0.000000387. The largest absolute Gasteiger partial charge is 3.00 e.